The van der Waals surface area contributed by atoms with Gasteiger partial charge in [-0.3, -0.25) is 0 Å². The van der Waals surface area contributed by atoms with Crippen LogP contribution in [0.25, 0.3) is 0 Å². The molecule has 1 aliphatic carbocycles. The molecular formula is C14H17ClO3. The van der Waals surface area contributed by atoms with Crippen LogP contribution in [0.4, 0.5) is 0 Å². The lowest BCUT2D eigenvalue weighted by atomic mass is 9.88. The van der Waals surface area contributed by atoms with Crippen LogP contribution in [0.15, 0.2) is 18.2 Å². The molecule has 1 fully saturated rings. The molecule has 2 unspecified atom stereocenters. The van der Waals surface area contributed by atoms with E-state index in [-0.39, 0.29) is 11.7 Å². The third-order valence-corrected chi connectivity index (χ3v) is 3.59. The first-order valence-electron chi connectivity index (χ1n) is 6.25. The van der Waals surface area contributed by atoms with E-state index in [1.54, 1.807) is 12.1 Å². The van der Waals surface area contributed by atoms with Crippen LogP contribution in [0.3, 0.4) is 0 Å². The molecule has 4 heteroatoms. The lowest BCUT2D eigenvalue weighted by Crippen LogP contribution is -2.24. The zero-order valence-corrected chi connectivity index (χ0v) is 11.1. The maximum absolute atomic E-state index is 11.1. The molecule has 0 aromatic heterocycles. The Morgan fingerprint density at radius 1 is 1.44 bits per heavy atom. The Morgan fingerprint density at radius 2 is 2.22 bits per heavy atom. The van der Waals surface area contributed by atoms with Gasteiger partial charge < -0.3 is 9.84 Å². The molecule has 1 saturated carbocycles. The number of carboxylic acids is 1. The van der Waals surface area contributed by atoms with Crippen LogP contribution in [0.1, 0.15) is 43.0 Å². The minimum Gasteiger partial charge on any atom is -0.489 e. The van der Waals surface area contributed by atoms with E-state index < -0.39 is 5.97 Å². The van der Waals surface area contributed by atoms with Crippen molar-refractivity contribution in [1.29, 1.82) is 0 Å². The van der Waals surface area contributed by atoms with Crippen molar-refractivity contribution in [3.05, 3.63) is 28.8 Å². The van der Waals surface area contributed by atoms with Gasteiger partial charge in [-0.2, -0.15) is 0 Å². The van der Waals surface area contributed by atoms with Gasteiger partial charge in [0.05, 0.1) is 6.10 Å². The van der Waals surface area contributed by atoms with Crippen LogP contribution in [-0.4, -0.2) is 17.2 Å². The normalized spacial score (nSPS) is 23.7. The Labute approximate surface area is 112 Å². The van der Waals surface area contributed by atoms with Gasteiger partial charge in [-0.05, 0) is 43.4 Å². The molecule has 0 bridgehead atoms. The van der Waals surface area contributed by atoms with E-state index in [1.165, 1.54) is 12.5 Å². The van der Waals surface area contributed by atoms with Gasteiger partial charge >= 0.3 is 5.97 Å². The molecule has 2 rings (SSSR count). The molecule has 0 spiro atoms. The van der Waals surface area contributed by atoms with Gasteiger partial charge in [0.25, 0.3) is 0 Å². The van der Waals surface area contributed by atoms with Gasteiger partial charge in [0.1, 0.15) is 11.3 Å². The number of aromatic carboxylic acids is 1. The quantitative estimate of drug-likeness (QED) is 0.901. The molecule has 98 valence electrons. The van der Waals surface area contributed by atoms with E-state index in [4.69, 9.17) is 21.4 Å². The lowest BCUT2D eigenvalue weighted by molar-refractivity contribution is 0.0683. The Bertz CT molecular complexity index is 445. The molecule has 18 heavy (non-hydrogen) atoms. The Kier molecular flexibility index (Phi) is 4.12. The maximum atomic E-state index is 11.1. The number of hydrogen-bond donors (Lipinski definition) is 1. The number of carboxylic acid groups (broad SMARTS) is 1. The van der Waals surface area contributed by atoms with E-state index >= 15 is 0 Å². The molecule has 1 aromatic carbocycles. The summed E-state index contributed by atoms with van der Waals surface area (Å²) in [6.07, 6.45) is 4.42. The lowest BCUT2D eigenvalue weighted by Gasteiger charge is -2.27. The highest BCUT2D eigenvalue weighted by molar-refractivity contribution is 6.30. The SMILES string of the molecule is CC1CCCC(Oc2cc(Cl)ccc2C(=O)O)C1. The van der Waals surface area contributed by atoms with Crippen LogP contribution < -0.4 is 4.74 Å². The van der Waals surface area contributed by atoms with Crippen molar-refractivity contribution in [3.63, 3.8) is 0 Å². The number of ether oxygens (including phenoxy) is 1. The highest BCUT2D eigenvalue weighted by atomic mass is 35.5. The number of rotatable bonds is 3. The van der Waals surface area contributed by atoms with Gasteiger partial charge in [0.2, 0.25) is 0 Å². The topological polar surface area (TPSA) is 46.5 Å². The summed E-state index contributed by atoms with van der Waals surface area (Å²) in [4.78, 5) is 11.1. The van der Waals surface area contributed by atoms with Crippen molar-refractivity contribution >= 4 is 17.6 Å². The molecule has 0 aliphatic heterocycles. The van der Waals surface area contributed by atoms with Crippen molar-refractivity contribution in [1.82, 2.24) is 0 Å². The van der Waals surface area contributed by atoms with Crippen molar-refractivity contribution < 1.29 is 14.6 Å². The summed E-state index contributed by atoms with van der Waals surface area (Å²) in [5.41, 5.74) is 0.178. The standard InChI is InChI=1S/C14H17ClO3/c1-9-3-2-4-11(7-9)18-13-8-10(15)5-6-12(13)14(16)17/h5-6,8-9,11H,2-4,7H2,1H3,(H,16,17). The van der Waals surface area contributed by atoms with Gasteiger partial charge in [0, 0.05) is 5.02 Å². The fraction of sp³-hybridized carbons (Fsp3) is 0.500. The molecule has 0 amide bonds. The fourth-order valence-electron chi connectivity index (χ4n) is 2.44. The largest absolute Gasteiger partial charge is 0.489 e. The molecule has 3 nitrogen and oxygen atoms in total. The average Bonchev–Trinajstić information content (AvgIpc) is 2.28. The second-order valence-electron chi connectivity index (χ2n) is 4.96. The second-order valence-corrected chi connectivity index (χ2v) is 5.39. The molecule has 0 radical (unpaired) electrons. The van der Waals surface area contributed by atoms with Crippen LogP contribution in [0, 0.1) is 5.92 Å². The van der Waals surface area contributed by atoms with E-state index in [9.17, 15) is 4.79 Å². The van der Waals surface area contributed by atoms with Crippen LogP contribution >= 0.6 is 11.6 Å². The summed E-state index contributed by atoms with van der Waals surface area (Å²) < 4.78 is 5.83. The Balaban J connectivity index is 2.16. The maximum Gasteiger partial charge on any atom is 0.339 e. The first kappa shape index (κ1) is 13.2. The molecule has 0 heterocycles. The highest BCUT2D eigenvalue weighted by Gasteiger charge is 2.22. The molecule has 1 aliphatic rings. The van der Waals surface area contributed by atoms with E-state index in [0.29, 0.717) is 16.7 Å². The number of hydrogen-bond acceptors (Lipinski definition) is 2. The van der Waals surface area contributed by atoms with E-state index in [1.807, 2.05) is 0 Å². The van der Waals surface area contributed by atoms with Gasteiger partial charge in [-0.25, -0.2) is 4.79 Å². The Morgan fingerprint density at radius 3 is 2.89 bits per heavy atom. The highest BCUT2D eigenvalue weighted by Crippen LogP contribution is 2.30. The molecule has 1 aromatic rings. The third kappa shape index (κ3) is 3.16. The first-order chi connectivity index (χ1) is 8.56. The van der Waals surface area contributed by atoms with E-state index in [2.05, 4.69) is 6.92 Å². The summed E-state index contributed by atoms with van der Waals surface area (Å²) in [6.45, 7) is 2.20. The van der Waals surface area contributed by atoms with Gasteiger partial charge in [-0.15, -0.1) is 0 Å². The zero-order chi connectivity index (χ0) is 13.1. The van der Waals surface area contributed by atoms with E-state index in [0.717, 1.165) is 19.3 Å². The molecule has 2 atom stereocenters. The molecule has 0 saturated heterocycles. The summed E-state index contributed by atoms with van der Waals surface area (Å²) in [5, 5.41) is 9.61. The van der Waals surface area contributed by atoms with Gasteiger partial charge in [0.15, 0.2) is 0 Å². The fourth-order valence-corrected chi connectivity index (χ4v) is 2.60. The van der Waals surface area contributed by atoms with Crippen molar-refractivity contribution in [2.24, 2.45) is 5.92 Å². The third-order valence-electron chi connectivity index (χ3n) is 3.36. The number of carbonyl (C=O) groups is 1. The smallest absolute Gasteiger partial charge is 0.339 e. The Hall–Kier alpha value is -1.22. The summed E-state index contributed by atoms with van der Waals surface area (Å²) in [7, 11) is 0. The van der Waals surface area contributed by atoms with Crippen LogP contribution in [0.5, 0.6) is 5.75 Å². The second kappa shape index (κ2) is 5.61. The monoisotopic (exact) mass is 268 g/mol. The number of halogens is 1. The van der Waals surface area contributed by atoms with Crippen molar-refractivity contribution in [2.75, 3.05) is 0 Å². The average molecular weight is 269 g/mol. The molecule has 1 N–H and O–H groups in total. The van der Waals surface area contributed by atoms with Crippen molar-refractivity contribution in [3.8, 4) is 5.75 Å². The summed E-state index contributed by atoms with van der Waals surface area (Å²) in [5.74, 6) is 0.0378. The number of benzene rings is 1. The minimum absolute atomic E-state index is 0.102. The molecular weight excluding hydrogens is 252 g/mol. The predicted molar refractivity (Wildman–Crippen MR) is 70.5 cm³/mol. The zero-order valence-electron chi connectivity index (χ0n) is 10.4. The first-order valence-corrected chi connectivity index (χ1v) is 6.63. The summed E-state index contributed by atoms with van der Waals surface area (Å²) in [6, 6.07) is 4.65. The predicted octanol–water partition coefficient (Wildman–Crippen LogP) is 4.00. The van der Waals surface area contributed by atoms with Gasteiger partial charge in [-0.1, -0.05) is 24.9 Å². The van der Waals surface area contributed by atoms with Crippen molar-refractivity contribution in [2.45, 2.75) is 38.7 Å². The van der Waals surface area contributed by atoms with Crippen LogP contribution in [0.2, 0.25) is 5.02 Å². The minimum atomic E-state index is -0.981. The van der Waals surface area contributed by atoms with Crippen LogP contribution in [-0.2, 0) is 0 Å². The summed E-state index contributed by atoms with van der Waals surface area (Å²) >= 11 is 5.89.